The van der Waals surface area contributed by atoms with Crippen molar-refractivity contribution in [3.05, 3.63) is 23.8 Å². The van der Waals surface area contributed by atoms with E-state index in [1.165, 1.54) is 26.3 Å². The van der Waals surface area contributed by atoms with Gasteiger partial charge in [-0.15, -0.1) is 0 Å². The van der Waals surface area contributed by atoms with E-state index in [1.54, 1.807) is 0 Å². The molecule has 2 N–H and O–H groups in total. The monoisotopic (exact) mass is 245 g/mol. The second-order valence-corrected chi connectivity index (χ2v) is 4.76. The van der Waals surface area contributed by atoms with Crippen LogP contribution in [0.3, 0.4) is 0 Å². The third-order valence-electron chi connectivity index (χ3n) is 1.98. The van der Waals surface area contributed by atoms with Crippen LogP contribution in [-0.2, 0) is 10.0 Å². The zero-order valence-corrected chi connectivity index (χ0v) is 9.54. The number of hydrogen-bond donors (Lipinski definition) is 2. The van der Waals surface area contributed by atoms with Crippen molar-refractivity contribution < 1.29 is 23.1 Å². The van der Waals surface area contributed by atoms with Gasteiger partial charge in [-0.2, -0.15) is 0 Å². The predicted octanol–water partition coefficient (Wildman–Crippen LogP) is 0.301. The number of ether oxygens (including phenoxy) is 1. The summed E-state index contributed by atoms with van der Waals surface area (Å²) in [5.74, 6) is -1.13. The minimum atomic E-state index is -3.65. The fraction of sp³-hybridized carbons (Fsp3) is 0.222. The summed E-state index contributed by atoms with van der Waals surface area (Å²) >= 11 is 0. The molecule has 1 aromatic carbocycles. The quantitative estimate of drug-likeness (QED) is 0.796. The molecule has 7 heteroatoms. The predicted molar refractivity (Wildman–Crippen MR) is 56.2 cm³/mol. The van der Waals surface area contributed by atoms with Gasteiger partial charge < -0.3 is 9.84 Å². The van der Waals surface area contributed by atoms with Crippen molar-refractivity contribution in [3.63, 3.8) is 0 Å². The van der Waals surface area contributed by atoms with E-state index in [4.69, 9.17) is 9.84 Å². The number of nitrogens with one attached hydrogen (secondary N) is 1. The SMILES string of the molecule is CNS(=O)(=O)c1ccc(OC)c(C(=O)O)c1. The van der Waals surface area contributed by atoms with Crippen LogP contribution < -0.4 is 9.46 Å². The van der Waals surface area contributed by atoms with Crippen LogP contribution in [-0.4, -0.2) is 33.7 Å². The first-order valence-corrected chi connectivity index (χ1v) is 5.75. The smallest absolute Gasteiger partial charge is 0.339 e. The Bertz CT molecular complexity index is 509. The van der Waals surface area contributed by atoms with Gasteiger partial charge in [0.2, 0.25) is 10.0 Å². The van der Waals surface area contributed by atoms with Crippen LogP contribution in [0, 0.1) is 0 Å². The Morgan fingerprint density at radius 1 is 1.44 bits per heavy atom. The van der Waals surface area contributed by atoms with Crippen molar-refractivity contribution in [1.82, 2.24) is 4.72 Å². The number of benzene rings is 1. The van der Waals surface area contributed by atoms with Crippen LogP contribution in [0.15, 0.2) is 23.1 Å². The van der Waals surface area contributed by atoms with Gasteiger partial charge >= 0.3 is 5.97 Å². The van der Waals surface area contributed by atoms with Crippen molar-refractivity contribution in [2.24, 2.45) is 0 Å². The minimum Gasteiger partial charge on any atom is -0.496 e. The summed E-state index contributed by atoms with van der Waals surface area (Å²) in [5, 5.41) is 8.86. The Morgan fingerprint density at radius 3 is 2.50 bits per heavy atom. The highest BCUT2D eigenvalue weighted by Crippen LogP contribution is 2.22. The molecular weight excluding hydrogens is 234 g/mol. The van der Waals surface area contributed by atoms with Gasteiger partial charge in [0, 0.05) is 0 Å². The summed E-state index contributed by atoms with van der Waals surface area (Å²) in [6.07, 6.45) is 0. The molecule has 6 nitrogen and oxygen atoms in total. The highest BCUT2D eigenvalue weighted by atomic mass is 32.2. The van der Waals surface area contributed by atoms with Gasteiger partial charge in [-0.05, 0) is 25.2 Å². The van der Waals surface area contributed by atoms with Crippen molar-refractivity contribution >= 4 is 16.0 Å². The average molecular weight is 245 g/mol. The number of carboxylic acids is 1. The van der Waals surface area contributed by atoms with Crippen molar-refractivity contribution in [3.8, 4) is 5.75 Å². The molecule has 0 bridgehead atoms. The lowest BCUT2D eigenvalue weighted by molar-refractivity contribution is 0.0693. The summed E-state index contributed by atoms with van der Waals surface area (Å²) in [5.41, 5.74) is -0.196. The number of aromatic carboxylic acids is 1. The molecule has 0 radical (unpaired) electrons. The lowest BCUT2D eigenvalue weighted by atomic mass is 10.2. The lowest BCUT2D eigenvalue weighted by Crippen LogP contribution is -2.19. The molecule has 16 heavy (non-hydrogen) atoms. The minimum absolute atomic E-state index is 0.113. The molecule has 88 valence electrons. The number of sulfonamides is 1. The van der Waals surface area contributed by atoms with Crippen LogP contribution in [0.4, 0.5) is 0 Å². The Hall–Kier alpha value is -1.60. The Kier molecular flexibility index (Phi) is 3.51. The second-order valence-electron chi connectivity index (χ2n) is 2.87. The fourth-order valence-electron chi connectivity index (χ4n) is 1.14. The summed E-state index contributed by atoms with van der Waals surface area (Å²) in [7, 11) is -1.08. The molecule has 0 heterocycles. The van der Waals surface area contributed by atoms with Gasteiger partial charge in [0.1, 0.15) is 11.3 Å². The van der Waals surface area contributed by atoms with Crippen LogP contribution >= 0.6 is 0 Å². The molecule has 1 rings (SSSR count). The molecule has 0 spiro atoms. The van der Waals surface area contributed by atoms with E-state index >= 15 is 0 Å². The fourth-order valence-corrected chi connectivity index (χ4v) is 1.90. The van der Waals surface area contributed by atoms with Crippen molar-refractivity contribution in [2.45, 2.75) is 4.90 Å². The molecule has 0 aliphatic heterocycles. The maximum atomic E-state index is 11.4. The topological polar surface area (TPSA) is 92.7 Å². The van der Waals surface area contributed by atoms with E-state index in [-0.39, 0.29) is 16.2 Å². The van der Waals surface area contributed by atoms with Gasteiger partial charge in [-0.3, -0.25) is 0 Å². The highest BCUT2D eigenvalue weighted by Gasteiger charge is 2.17. The molecule has 0 atom stereocenters. The maximum absolute atomic E-state index is 11.4. The average Bonchev–Trinajstić information content (AvgIpc) is 2.28. The Balaban J connectivity index is 3.39. The number of methoxy groups -OCH3 is 1. The van der Waals surface area contributed by atoms with Gasteiger partial charge in [-0.1, -0.05) is 0 Å². The van der Waals surface area contributed by atoms with E-state index in [1.807, 2.05) is 0 Å². The van der Waals surface area contributed by atoms with E-state index in [9.17, 15) is 13.2 Å². The molecule has 1 aromatic rings. The zero-order valence-electron chi connectivity index (χ0n) is 8.72. The van der Waals surface area contributed by atoms with Gasteiger partial charge in [0.05, 0.1) is 12.0 Å². The third-order valence-corrected chi connectivity index (χ3v) is 3.39. The third kappa shape index (κ3) is 2.31. The van der Waals surface area contributed by atoms with Gasteiger partial charge in [-0.25, -0.2) is 17.9 Å². The van der Waals surface area contributed by atoms with Crippen LogP contribution in [0.5, 0.6) is 5.75 Å². The molecule has 0 unspecified atom stereocenters. The lowest BCUT2D eigenvalue weighted by Gasteiger charge is -2.07. The number of carboxylic acid groups (broad SMARTS) is 1. The van der Waals surface area contributed by atoms with Gasteiger partial charge in [0.15, 0.2) is 0 Å². The molecule has 0 aliphatic rings. The Morgan fingerprint density at radius 2 is 2.06 bits per heavy atom. The first-order chi connectivity index (χ1) is 7.42. The Labute approximate surface area is 92.9 Å². The summed E-state index contributed by atoms with van der Waals surface area (Å²) in [6.45, 7) is 0. The van der Waals surface area contributed by atoms with E-state index in [2.05, 4.69) is 4.72 Å². The van der Waals surface area contributed by atoms with E-state index in [0.717, 1.165) is 6.07 Å². The largest absolute Gasteiger partial charge is 0.496 e. The van der Waals surface area contributed by atoms with E-state index in [0.29, 0.717) is 0 Å². The molecule has 0 aliphatic carbocycles. The summed E-state index contributed by atoms with van der Waals surface area (Å²) in [6, 6.07) is 3.62. The van der Waals surface area contributed by atoms with Crippen LogP contribution in [0.1, 0.15) is 10.4 Å². The van der Waals surface area contributed by atoms with Crippen molar-refractivity contribution in [2.75, 3.05) is 14.2 Å². The number of carbonyl (C=O) groups is 1. The molecular formula is C9H11NO5S. The first-order valence-electron chi connectivity index (χ1n) is 4.27. The molecule has 0 saturated carbocycles. The van der Waals surface area contributed by atoms with Crippen molar-refractivity contribution in [1.29, 1.82) is 0 Å². The molecule has 0 fully saturated rings. The standard InChI is InChI=1S/C9H11NO5S/c1-10-16(13,14)6-3-4-8(15-2)7(5-6)9(11)12/h3-5,10H,1-2H3,(H,11,12). The van der Waals surface area contributed by atoms with Crippen LogP contribution in [0.2, 0.25) is 0 Å². The maximum Gasteiger partial charge on any atom is 0.339 e. The normalized spacial score (nSPS) is 11.1. The zero-order chi connectivity index (χ0) is 12.3. The molecule has 0 aromatic heterocycles. The summed E-state index contributed by atoms with van der Waals surface area (Å²) < 4.78 is 29.8. The number of rotatable bonds is 4. The highest BCUT2D eigenvalue weighted by molar-refractivity contribution is 7.89. The van der Waals surface area contributed by atoms with Crippen LogP contribution in [0.25, 0.3) is 0 Å². The molecule has 0 saturated heterocycles. The first kappa shape index (κ1) is 12.5. The number of hydrogen-bond acceptors (Lipinski definition) is 4. The van der Waals surface area contributed by atoms with Gasteiger partial charge in [0.25, 0.3) is 0 Å². The summed E-state index contributed by atoms with van der Waals surface area (Å²) in [4.78, 5) is 10.7. The second kappa shape index (κ2) is 4.50. The van der Waals surface area contributed by atoms with E-state index < -0.39 is 16.0 Å². The molecule has 0 amide bonds.